The van der Waals surface area contributed by atoms with Gasteiger partial charge in [0.1, 0.15) is 0 Å². The highest BCUT2D eigenvalue weighted by Gasteiger charge is 2.29. The summed E-state index contributed by atoms with van der Waals surface area (Å²) in [5, 5.41) is 10.7. The van der Waals surface area contributed by atoms with Crippen LogP contribution in [0.25, 0.3) is 11.3 Å². The van der Waals surface area contributed by atoms with Gasteiger partial charge in [-0.2, -0.15) is 5.10 Å². The van der Waals surface area contributed by atoms with Crippen molar-refractivity contribution in [3.63, 3.8) is 0 Å². The van der Waals surface area contributed by atoms with Gasteiger partial charge in [0.2, 0.25) is 5.91 Å². The predicted molar refractivity (Wildman–Crippen MR) is 97.7 cm³/mol. The van der Waals surface area contributed by atoms with E-state index in [2.05, 4.69) is 36.1 Å². The van der Waals surface area contributed by atoms with E-state index < -0.39 is 0 Å². The summed E-state index contributed by atoms with van der Waals surface area (Å²) < 4.78 is 5.34. The molecule has 0 unspecified atom stereocenters. The molecule has 0 atom stereocenters. The third-order valence-corrected chi connectivity index (χ3v) is 4.65. The summed E-state index contributed by atoms with van der Waals surface area (Å²) >= 11 is 0. The summed E-state index contributed by atoms with van der Waals surface area (Å²) in [4.78, 5) is 26.1. The topological polar surface area (TPSA) is 92.1 Å². The van der Waals surface area contributed by atoms with E-state index in [0.717, 1.165) is 24.2 Å². The van der Waals surface area contributed by atoms with Crippen molar-refractivity contribution < 1.29 is 9.32 Å². The molecule has 140 valence electrons. The zero-order valence-corrected chi connectivity index (χ0v) is 15.8. The minimum Gasteiger partial charge on any atom is -0.356 e. The minimum atomic E-state index is -0.268. The molecule has 0 aliphatic carbocycles. The zero-order valence-electron chi connectivity index (χ0n) is 15.8. The molecule has 1 amide bonds. The Bertz CT molecular complexity index is 839. The van der Waals surface area contributed by atoms with Crippen LogP contribution in [0.3, 0.4) is 0 Å². The van der Waals surface area contributed by atoms with E-state index in [1.165, 1.54) is 6.07 Å². The number of nitrogens with one attached hydrogen (secondary N) is 1. The highest BCUT2D eigenvalue weighted by molar-refractivity contribution is 5.77. The fourth-order valence-corrected chi connectivity index (χ4v) is 3.38. The Balaban J connectivity index is 1.76. The van der Waals surface area contributed by atoms with Gasteiger partial charge in [0, 0.05) is 43.1 Å². The first-order valence-corrected chi connectivity index (χ1v) is 9.04. The van der Waals surface area contributed by atoms with Crippen molar-refractivity contribution >= 4 is 5.91 Å². The van der Waals surface area contributed by atoms with E-state index in [1.807, 2.05) is 17.9 Å². The van der Waals surface area contributed by atoms with Gasteiger partial charge in [-0.1, -0.05) is 25.9 Å². The second kappa shape index (κ2) is 7.05. The Morgan fingerprint density at radius 3 is 2.58 bits per heavy atom. The van der Waals surface area contributed by atoms with Crippen molar-refractivity contribution in [2.24, 2.45) is 5.41 Å². The summed E-state index contributed by atoms with van der Waals surface area (Å²) in [6.07, 6.45) is 2.18. The van der Waals surface area contributed by atoms with E-state index in [4.69, 9.17) is 4.52 Å². The number of rotatable bonds is 3. The SMILES string of the molecule is Cc1cc(-c2cc(=O)[nH]nc2C2CCN(C(=O)CC(C)(C)C)CC2)on1. The molecule has 7 heteroatoms. The number of aromatic nitrogens is 3. The second-order valence-corrected chi connectivity index (χ2v) is 8.26. The van der Waals surface area contributed by atoms with E-state index in [-0.39, 0.29) is 22.8 Å². The fraction of sp³-hybridized carbons (Fsp3) is 0.579. The Labute approximate surface area is 152 Å². The van der Waals surface area contributed by atoms with Crippen molar-refractivity contribution in [1.82, 2.24) is 20.3 Å². The lowest BCUT2D eigenvalue weighted by Gasteiger charge is -2.33. The van der Waals surface area contributed by atoms with Gasteiger partial charge in [-0.3, -0.25) is 9.59 Å². The van der Waals surface area contributed by atoms with Crippen LogP contribution in [0.2, 0.25) is 0 Å². The number of piperidine rings is 1. The predicted octanol–water partition coefficient (Wildman–Crippen LogP) is 2.88. The first kappa shape index (κ1) is 18.4. The summed E-state index contributed by atoms with van der Waals surface area (Å²) in [7, 11) is 0. The van der Waals surface area contributed by atoms with Crippen LogP contribution < -0.4 is 5.56 Å². The van der Waals surface area contributed by atoms with Crippen LogP contribution in [-0.2, 0) is 4.79 Å². The van der Waals surface area contributed by atoms with Crippen molar-refractivity contribution in [3.8, 4) is 11.3 Å². The molecule has 3 rings (SSSR count). The fourth-order valence-electron chi connectivity index (χ4n) is 3.38. The van der Waals surface area contributed by atoms with Crippen LogP contribution in [-0.4, -0.2) is 39.3 Å². The molecule has 1 fully saturated rings. The van der Waals surface area contributed by atoms with E-state index in [0.29, 0.717) is 30.8 Å². The number of aromatic amines is 1. The van der Waals surface area contributed by atoms with Gasteiger partial charge in [0.05, 0.1) is 11.4 Å². The van der Waals surface area contributed by atoms with Crippen LogP contribution in [0.4, 0.5) is 0 Å². The average molecular weight is 358 g/mol. The Hall–Kier alpha value is -2.44. The van der Waals surface area contributed by atoms with Crippen molar-refractivity contribution in [1.29, 1.82) is 0 Å². The van der Waals surface area contributed by atoms with Crippen LogP contribution in [0.5, 0.6) is 0 Å². The van der Waals surface area contributed by atoms with Crippen molar-refractivity contribution in [2.45, 2.75) is 52.9 Å². The molecule has 2 aromatic heterocycles. The Kier molecular flexibility index (Phi) is 4.98. The minimum absolute atomic E-state index is 0.00821. The number of amides is 1. The number of H-pyrrole nitrogens is 1. The van der Waals surface area contributed by atoms with Crippen LogP contribution in [0.15, 0.2) is 21.5 Å². The number of likely N-dealkylation sites (tertiary alicyclic amines) is 1. The molecule has 0 aromatic carbocycles. The largest absolute Gasteiger partial charge is 0.356 e. The van der Waals surface area contributed by atoms with Crippen molar-refractivity contribution in [2.75, 3.05) is 13.1 Å². The Morgan fingerprint density at radius 1 is 1.31 bits per heavy atom. The van der Waals surface area contributed by atoms with Gasteiger partial charge < -0.3 is 9.42 Å². The average Bonchev–Trinajstić information content (AvgIpc) is 3.00. The molecule has 0 radical (unpaired) electrons. The molecule has 1 saturated heterocycles. The lowest BCUT2D eigenvalue weighted by Crippen LogP contribution is -2.39. The standard InChI is InChI=1S/C19H26N4O3/c1-12-9-15(26-22-12)14-10-16(24)20-21-18(14)13-5-7-23(8-6-13)17(25)11-19(2,3)4/h9-10,13H,5-8,11H2,1-4H3,(H,20,24). The normalized spacial score (nSPS) is 16.1. The number of nitrogens with zero attached hydrogens (tertiary/aromatic N) is 3. The second-order valence-electron chi connectivity index (χ2n) is 8.26. The van der Waals surface area contributed by atoms with Gasteiger partial charge >= 0.3 is 0 Å². The molecule has 0 spiro atoms. The maximum absolute atomic E-state index is 12.4. The van der Waals surface area contributed by atoms with Crippen molar-refractivity contribution in [3.05, 3.63) is 33.9 Å². The van der Waals surface area contributed by atoms with Gasteiger partial charge in [0.15, 0.2) is 5.76 Å². The molecule has 3 heterocycles. The maximum Gasteiger partial charge on any atom is 0.264 e. The summed E-state index contributed by atoms with van der Waals surface area (Å²) in [6.45, 7) is 9.48. The van der Waals surface area contributed by atoms with Crippen LogP contribution in [0.1, 0.15) is 57.3 Å². The smallest absolute Gasteiger partial charge is 0.264 e. The maximum atomic E-state index is 12.4. The Morgan fingerprint density at radius 2 is 2.00 bits per heavy atom. The van der Waals surface area contributed by atoms with Gasteiger partial charge in [-0.15, -0.1) is 0 Å². The number of hydrogen-bond donors (Lipinski definition) is 1. The summed E-state index contributed by atoms with van der Waals surface area (Å²) in [5.41, 5.74) is 1.98. The van der Waals surface area contributed by atoms with Gasteiger partial charge in [0.25, 0.3) is 5.56 Å². The molecular weight excluding hydrogens is 332 g/mol. The molecule has 7 nitrogen and oxygen atoms in total. The number of carbonyl (C=O) groups is 1. The number of aryl methyl sites for hydroxylation is 1. The summed E-state index contributed by atoms with van der Waals surface area (Å²) in [5.74, 6) is 0.935. The lowest BCUT2D eigenvalue weighted by atomic mass is 9.88. The summed E-state index contributed by atoms with van der Waals surface area (Å²) in [6, 6.07) is 3.32. The van der Waals surface area contributed by atoms with E-state index >= 15 is 0 Å². The molecule has 0 bridgehead atoms. The third-order valence-electron chi connectivity index (χ3n) is 4.65. The van der Waals surface area contributed by atoms with E-state index in [1.54, 1.807) is 0 Å². The number of hydrogen-bond acceptors (Lipinski definition) is 5. The molecule has 2 aromatic rings. The molecular formula is C19H26N4O3. The first-order chi connectivity index (χ1) is 12.2. The molecule has 0 saturated carbocycles. The van der Waals surface area contributed by atoms with Gasteiger partial charge in [-0.25, -0.2) is 5.10 Å². The van der Waals surface area contributed by atoms with Gasteiger partial charge in [-0.05, 0) is 25.2 Å². The first-order valence-electron chi connectivity index (χ1n) is 9.04. The molecule has 1 aliphatic heterocycles. The quantitative estimate of drug-likeness (QED) is 0.911. The monoisotopic (exact) mass is 358 g/mol. The molecule has 1 aliphatic rings. The van der Waals surface area contributed by atoms with Crippen LogP contribution >= 0.6 is 0 Å². The lowest BCUT2D eigenvalue weighted by molar-refractivity contribution is -0.134. The van der Waals surface area contributed by atoms with Crippen LogP contribution in [0, 0.1) is 12.3 Å². The third kappa shape index (κ3) is 4.20. The van der Waals surface area contributed by atoms with E-state index in [9.17, 15) is 9.59 Å². The number of carbonyl (C=O) groups excluding carboxylic acids is 1. The molecule has 26 heavy (non-hydrogen) atoms. The highest BCUT2D eigenvalue weighted by Crippen LogP contribution is 2.33. The highest BCUT2D eigenvalue weighted by atomic mass is 16.5. The molecule has 1 N–H and O–H groups in total. The zero-order chi connectivity index (χ0) is 18.9.